The molecule has 14 heavy (non-hydrogen) atoms. The first-order valence-corrected chi connectivity index (χ1v) is 4.38. The Hall–Kier alpha value is -1.42. The van der Waals surface area contributed by atoms with Crippen LogP contribution in [0.5, 0.6) is 0 Å². The number of hydrogen-bond acceptors (Lipinski definition) is 4. The van der Waals surface area contributed by atoms with Crippen molar-refractivity contribution >= 4 is 5.97 Å². The van der Waals surface area contributed by atoms with E-state index < -0.39 is 0 Å². The molecular formula is C10H14N2O2. The molecule has 0 aliphatic carbocycles. The second-order valence-electron chi connectivity index (χ2n) is 3.15. The Morgan fingerprint density at radius 1 is 1.64 bits per heavy atom. The molecule has 1 rings (SSSR count). The number of aromatic nitrogens is 1. The number of hydrogen-bond donors (Lipinski definition) is 1. The lowest BCUT2D eigenvalue weighted by Crippen LogP contribution is -2.17. The lowest BCUT2D eigenvalue weighted by Gasteiger charge is -2.09. The maximum atomic E-state index is 10.9. The van der Waals surface area contributed by atoms with Gasteiger partial charge in [-0.05, 0) is 18.6 Å². The number of nitrogens with zero attached hydrogens (tertiary/aromatic N) is 1. The monoisotopic (exact) mass is 194 g/mol. The molecule has 1 aromatic rings. The van der Waals surface area contributed by atoms with Crippen LogP contribution < -0.4 is 5.73 Å². The first-order chi connectivity index (χ1) is 6.63. The Balaban J connectivity index is 2.65. The minimum atomic E-state index is -0.386. The van der Waals surface area contributed by atoms with Crippen molar-refractivity contribution in [2.24, 2.45) is 5.73 Å². The number of ether oxygens (including phenoxy) is 1. The average Bonchev–Trinajstić information content (AvgIpc) is 2.18. The number of aryl methyl sites for hydroxylation is 1. The summed E-state index contributed by atoms with van der Waals surface area (Å²) in [5.41, 5.74) is 7.54. The summed E-state index contributed by atoms with van der Waals surface area (Å²) in [4.78, 5) is 15.1. The molecule has 1 unspecified atom stereocenters. The highest BCUT2D eigenvalue weighted by atomic mass is 16.5. The van der Waals surface area contributed by atoms with Crippen LogP contribution >= 0.6 is 0 Å². The fourth-order valence-electron chi connectivity index (χ4n) is 1.07. The molecule has 0 amide bonds. The van der Waals surface area contributed by atoms with Gasteiger partial charge in [-0.2, -0.15) is 0 Å². The molecule has 0 spiro atoms. The van der Waals surface area contributed by atoms with Crippen molar-refractivity contribution in [2.45, 2.75) is 19.4 Å². The van der Waals surface area contributed by atoms with Crippen molar-refractivity contribution in [1.29, 1.82) is 0 Å². The van der Waals surface area contributed by atoms with Gasteiger partial charge in [-0.3, -0.25) is 9.78 Å². The largest absolute Gasteiger partial charge is 0.469 e. The van der Waals surface area contributed by atoms with E-state index in [1.807, 2.05) is 19.1 Å². The molecule has 0 bridgehead atoms. The summed E-state index contributed by atoms with van der Waals surface area (Å²) in [5, 5.41) is 0. The number of methoxy groups -OCH3 is 1. The summed E-state index contributed by atoms with van der Waals surface area (Å²) in [7, 11) is 1.34. The quantitative estimate of drug-likeness (QED) is 0.727. The Kier molecular flexibility index (Phi) is 3.59. The van der Waals surface area contributed by atoms with Crippen LogP contribution in [-0.2, 0) is 9.53 Å². The minimum Gasteiger partial charge on any atom is -0.469 e. The van der Waals surface area contributed by atoms with Crippen LogP contribution in [0.3, 0.4) is 0 Å². The molecule has 0 fully saturated rings. The van der Waals surface area contributed by atoms with Crippen LogP contribution in [0.2, 0.25) is 0 Å². The Labute approximate surface area is 83.1 Å². The van der Waals surface area contributed by atoms with Gasteiger partial charge in [0.05, 0.1) is 25.3 Å². The SMILES string of the molecule is COC(=O)CC(N)c1ccc(C)cn1. The third-order valence-corrected chi connectivity index (χ3v) is 1.93. The van der Waals surface area contributed by atoms with Gasteiger partial charge in [0.25, 0.3) is 0 Å². The number of rotatable bonds is 3. The summed E-state index contributed by atoms with van der Waals surface area (Å²) in [5.74, 6) is -0.320. The molecule has 76 valence electrons. The Morgan fingerprint density at radius 2 is 2.36 bits per heavy atom. The maximum Gasteiger partial charge on any atom is 0.307 e. The molecular weight excluding hydrogens is 180 g/mol. The molecule has 1 heterocycles. The van der Waals surface area contributed by atoms with Crippen LogP contribution in [-0.4, -0.2) is 18.1 Å². The molecule has 0 aromatic carbocycles. The molecule has 4 nitrogen and oxygen atoms in total. The first kappa shape index (κ1) is 10.7. The summed E-state index contributed by atoms with van der Waals surface area (Å²) >= 11 is 0. The van der Waals surface area contributed by atoms with E-state index >= 15 is 0 Å². The van der Waals surface area contributed by atoms with Crippen LogP contribution in [0.4, 0.5) is 0 Å². The first-order valence-electron chi connectivity index (χ1n) is 4.38. The van der Waals surface area contributed by atoms with E-state index in [4.69, 9.17) is 5.73 Å². The zero-order valence-electron chi connectivity index (χ0n) is 8.36. The van der Waals surface area contributed by atoms with Gasteiger partial charge >= 0.3 is 5.97 Å². The maximum absolute atomic E-state index is 10.9. The van der Waals surface area contributed by atoms with Crippen LogP contribution in [0.25, 0.3) is 0 Å². The number of esters is 1. The predicted molar refractivity (Wildman–Crippen MR) is 52.5 cm³/mol. The van der Waals surface area contributed by atoms with Gasteiger partial charge in [-0.15, -0.1) is 0 Å². The smallest absolute Gasteiger partial charge is 0.307 e. The van der Waals surface area contributed by atoms with E-state index in [-0.39, 0.29) is 18.4 Å². The zero-order valence-corrected chi connectivity index (χ0v) is 8.36. The van der Waals surface area contributed by atoms with Crippen LogP contribution in [0.15, 0.2) is 18.3 Å². The van der Waals surface area contributed by atoms with Gasteiger partial charge in [0.15, 0.2) is 0 Å². The zero-order chi connectivity index (χ0) is 10.6. The fourth-order valence-corrected chi connectivity index (χ4v) is 1.07. The van der Waals surface area contributed by atoms with Gasteiger partial charge in [0, 0.05) is 6.20 Å². The fraction of sp³-hybridized carbons (Fsp3) is 0.400. The van der Waals surface area contributed by atoms with Gasteiger partial charge in [0.1, 0.15) is 0 Å². The van der Waals surface area contributed by atoms with E-state index in [0.29, 0.717) is 5.69 Å². The Bertz CT molecular complexity index is 308. The summed E-state index contributed by atoms with van der Waals surface area (Å²) in [6.45, 7) is 1.95. The highest BCUT2D eigenvalue weighted by Gasteiger charge is 2.12. The van der Waals surface area contributed by atoms with Crippen molar-refractivity contribution in [1.82, 2.24) is 4.98 Å². The third kappa shape index (κ3) is 2.81. The van der Waals surface area contributed by atoms with E-state index in [0.717, 1.165) is 5.56 Å². The summed E-state index contributed by atoms with van der Waals surface area (Å²) in [6, 6.07) is 3.35. The van der Waals surface area contributed by atoms with Gasteiger partial charge in [-0.1, -0.05) is 6.07 Å². The van der Waals surface area contributed by atoms with E-state index in [1.165, 1.54) is 7.11 Å². The number of carbonyl (C=O) groups is 1. The molecule has 0 aliphatic heterocycles. The standard InChI is InChI=1S/C10H14N2O2/c1-7-3-4-9(12-6-7)8(11)5-10(13)14-2/h3-4,6,8H,5,11H2,1-2H3. The summed E-state index contributed by atoms with van der Waals surface area (Å²) in [6.07, 6.45) is 1.89. The number of pyridine rings is 1. The molecule has 0 saturated heterocycles. The van der Waals surface area contributed by atoms with Crippen molar-refractivity contribution in [2.75, 3.05) is 7.11 Å². The number of carbonyl (C=O) groups excluding carboxylic acids is 1. The van der Waals surface area contributed by atoms with Gasteiger partial charge in [0.2, 0.25) is 0 Å². The minimum absolute atomic E-state index is 0.159. The lowest BCUT2D eigenvalue weighted by molar-refractivity contribution is -0.141. The molecule has 0 radical (unpaired) electrons. The van der Waals surface area contributed by atoms with Crippen molar-refractivity contribution in [3.63, 3.8) is 0 Å². The van der Waals surface area contributed by atoms with E-state index in [1.54, 1.807) is 6.20 Å². The number of nitrogens with two attached hydrogens (primary N) is 1. The second kappa shape index (κ2) is 4.72. The topological polar surface area (TPSA) is 65.2 Å². The van der Waals surface area contributed by atoms with Crippen LogP contribution in [0.1, 0.15) is 23.7 Å². The summed E-state index contributed by atoms with van der Waals surface area (Å²) < 4.78 is 4.52. The van der Waals surface area contributed by atoms with Gasteiger partial charge in [-0.25, -0.2) is 0 Å². The van der Waals surface area contributed by atoms with E-state index in [9.17, 15) is 4.79 Å². The van der Waals surface area contributed by atoms with Gasteiger partial charge < -0.3 is 10.5 Å². The second-order valence-corrected chi connectivity index (χ2v) is 3.15. The van der Waals surface area contributed by atoms with Crippen molar-refractivity contribution in [3.05, 3.63) is 29.6 Å². The Morgan fingerprint density at radius 3 is 2.86 bits per heavy atom. The lowest BCUT2D eigenvalue weighted by atomic mass is 10.1. The molecule has 1 atom stereocenters. The molecule has 0 aliphatic rings. The molecule has 4 heteroatoms. The highest BCUT2D eigenvalue weighted by Crippen LogP contribution is 2.11. The van der Waals surface area contributed by atoms with Crippen molar-refractivity contribution < 1.29 is 9.53 Å². The average molecular weight is 194 g/mol. The van der Waals surface area contributed by atoms with Crippen LogP contribution in [0, 0.1) is 6.92 Å². The molecule has 1 aromatic heterocycles. The normalized spacial score (nSPS) is 12.2. The highest BCUT2D eigenvalue weighted by molar-refractivity contribution is 5.70. The third-order valence-electron chi connectivity index (χ3n) is 1.93. The molecule has 0 saturated carbocycles. The predicted octanol–water partition coefficient (Wildman–Crippen LogP) is 0.953. The molecule has 2 N–H and O–H groups in total. The van der Waals surface area contributed by atoms with E-state index in [2.05, 4.69) is 9.72 Å². The van der Waals surface area contributed by atoms with Crippen molar-refractivity contribution in [3.8, 4) is 0 Å².